The van der Waals surface area contributed by atoms with Crippen LogP contribution in [-0.2, 0) is 4.79 Å². The van der Waals surface area contributed by atoms with E-state index in [0.717, 1.165) is 0 Å². The molecule has 0 aliphatic carbocycles. The lowest BCUT2D eigenvalue weighted by atomic mass is 9.93. The van der Waals surface area contributed by atoms with Gasteiger partial charge >= 0.3 is 0 Å². The van der Waals surface area contributed by atoms with Crippen molar-refractivity contribution in [1.29, 1.82) is 0 Å². The van der Waals surface area contributed by atoms with Crippen molar-refractivity contribution in [3.05, 3.63) is 11.2 Å². The second kappa shape index (κ2) is 5.86. The molecule has 4 N–H and O–H groups in total. The van der Waals surface area contributed by atoms with Crippen LogP contribution in [0, 0.1) is 5.41 Å². The molecule has 1 aromatic heterocycles. The van der Waals surface area contributed by atoms with Gasteiger partial charge < -0.3 is 16.4 Å². The first-order chi connectivity index (χ1) is 8.36. The third kappa shape index (κ3) is 3.73. The molecule has 6 nitrogen and oxygen atoms in total. The van der Waals surface area contributed by atoms with E-state index in [1.165, 1.54) is 6.20 Å². The molecule has 1 aromatic rings. The molecule has 0 saturated heterocycles. The Hall–Kier alpha value is -1.56. The summed E-state index contributed by atoms with van der Waals surface area (Å²) in [5.41, 5.74) is 4.62. The van der Waals surface area contributed by atoms with Gasteiger partial charge in [0.25, 0.3) is 0 Å². The van der Waals surface area contributed by atoms with Crippen molar-refractivity contribution < 1.29 is 4.79 Å². The number of nitrogens with one attached hydrogen (secondary N) is 2. The molecule has 0 unspecified atom stereocenters. The standard InChI is InChI=1S/C11H18ClN5O/c1-4-14-10-15-5-7(12)8(17-10)16-6-11(2,3)9(13)18/h5H,4,6H2,1-3H3,(H2,13,18)(H2,14,15,16,17). The zero-order chi connectivity index (χ0) is 13.8. The van der Waals surface area contributed by atoms with Crippen LogP contribution in [-0.4, -0.2) is 29.0 Å². The minimum Gasteiger partial charge on any atom is -0.369 e. The quantitative estimate of drug-likeness (QED) is 0.729. The highest BCUT2D eigenvalue weighted by atomic mass is 35.5. The molecule has 1 heterocycles. The predicted octanol–water partition coefficient (Wildman–Crippen LogP) is 1.49. The first-order valence-electron chi connectivity index (χ1n) is 5.67. The van der Waals surface area contributed by atoms with Gasteiger partial charge in [-0.3, -0.25) is 4.79 Å². The minimum atomic E-state index is -0.674. The lowest BCUT2D eigenvalue weighted by Gasteiger charge is -2.21. The Bertz CT molecular complexity index is 435. The molecule has 0 fully saturated rings. The van der Waals surface area contributed by atoms with Crippen LogP contribution in [0.2, 0.25) is 5.02 Å². The van der Waals surface area contributed by atoms with Crippen molar-refractivity contribution in [3.8, 4) is 0 Å². The van der Waals surface area contributed by atoms with Gasteiger partial charge in [-0.1, -0.05) is 11.6 Å². The smallest absolute Gasteiger partial charge is 0.224 e. The van der Waals surface area contributed by atoms with Crippen LogP contribution in [0.1, 0.15) is 20.8 Å². The van der Waals surface area contributed by atoms with Crippen LogP contribution in [0.5, 0.6) is 0 Å². The van der Waals surface area contributed by atoms with E-state index in [-0.39, 0.29) is 5.91 Å². The predicted molar refractivity (Wildman–Crippen MR) is 72.7 cm³/mol. The molecule has 1 amide bonds. The van der Waals surface area contributed by atoms with Gasteiger partial charge in [0.2, 0.25) is 11.9 Å². The van der Waals surface area contributed by atoms with Gasteiger partial charge in [-0.15, -0.1) is 0 Å². The molecule has 0 atom stereocenters. The Morgan fingerprint density at radius 2 is 2.17 bits per heavy atom. The van der Waals surface area contributed by atoms with Gasteiger partial charge in [0.05, 0.1) is 11.6 Å². The maximum atomic E-state index is 11.2. The summed E-state index contributed by atoms with van der Waals surface area (Å²) in [6.07, 6.45) is 1.51. The maximum Gasteiger partial charge on any atom is 0.224 e. The van der Waals surface area contributed by atoms with Gasteiger partial charge in [0.1, 0.15) is 5.02 Å². The summed E-state index contributed by atoms with van der Waals surface area (Å²) in [5, 5.41) is 6.39. The monoisotopic (exact) mass is 271 g/mol. The van der Waals surface area contributed by atoms with Crippen molar-refractivity contribution in [2.45, 2.75) is 20.8 Å². The lowest BCUT2D eigenvalue weighted by Crippen LogP contribution is -2.37. The summed E-state index contributed by atoms with van der Waals surface area (Å²) < 4.78 is 0. The molecular weight excluding hydrogens is 254 g/mol. The van der Waals surface area contributed by atoms with Gasteiger partial charge in [-0.25, -0.2) is 4.98 Å². The van der Waals surface area contributed by atoms with E-state index < -0.39 is 5.41 Å². The number of carbonyl (C=O) groups excluding carboxylic acids is 1. The highest BCUT2D eigenvalue weighted by Crippen LogP contribution is 2.22. The Morgan fingerprint density at radius 1 is 1.50 bits per heavy atom. The number of rotatable bonds is 6. The summed E-state index contributed by atoms with van der Waals surface area (Å²) in [4.78, 5) is 19.4. The average Bonchev–Trinajstić information content (AvgIpc) is 2.30. The zero-order valence-electron chi connectivity index (χ0n) is 10.7. The first kappa shape index (κ1) is 14.5. The molecule has 0 bridgehead atoms. The number of amides is 1. The number of aromatic nitrogens is 2. The van der Waals surface area contributed by atoms with Crippen molar-refractivity contribution in [3.63, 3.8) is 0 Å². The van der Waals surface area contributed by atoms with Gasteiger partial charge in [0.15, 0.2) is 5.82 Å². The summed E-state index contributed by atoms with van der Waals surface area (Å²) >= 11 is 5.97. The third-order valence-electron chi connectivity index (χ3n) is 2.44. The molecule has 0 radical (unpaired) electrons. The van der Waals surface area contributed by atoms with Crippen LogP contribution in [0.4, 0.5) is 11.8 Å². The van der Waals surface area contributed by atoms with Crippen molar-refractivity contribution in [1.82, 2.24) is 9.97 Å². The number of hydrogen-bond donors (Lipinski definition) is 3. The highest BCUT2D eigenvalue weighted by Gasteiger charge is 2.25. The molecule has 0 spiro atoms. The van der Waals surface area contributed by atoms with Crippen LogP contribution in [0.3, 0.4) is 0 Å². The maximum absolute atomic E-state index is 11.2. The summed E-state index contributed by atoms with van der Waals surface area (Å²) in [7, 11) is 0. The Kier molecular flexibility index (Phi) is 4.72. The Balaban J connectivity index is 2.78. The molecular formula is C11H18ClN5O. The normalized spacial score (nSPS) is 11.1. The largest absolute Gasteiger partial charge is 0.369 e. The lowest BCUT2D eigenvalue weighted by molar-refractivity contribution is -0.125. The molecule has 0 saturated carbocycles. The fourth-order valence-corrected chi connectivity index (χ4v) is 1.28. The van der Waals surface area contributed by atoms with E-state index in [2.05, 4.69) is 20.6 Å². The number of hydrogen-bond acceptors (Lipinski definition) is 5. The molecule has 0 aliphatic heterocycles. The fourth-order valence-electron chi connectivity index (χ4n) is 1.13. The molecule has 7 heteroatoms. The molecule has 0 aromatic carbocycles. The van der Waals surface area contributed by atoms with Crippen molar-refractivity contribution in [2.24, 2.45) is 11.1 Å². The van der Waals surface area contributed by atoms with Crippen LogP contribution in [0.25, 0.3) is 0 Å². The highest BCUT2D eigenvalue weighted by molar-refractivity contribution is 6.32. The Morgan fingerprint density at radius 3 is 2.72 bits per heavy atom. The van der Waals surface area contributed by atoms with E-state index in [4.69, 9.17) is 17.3 Å². The number of primary amides is 1. The summed E-state index contributed by atoms with van der Waals surface area (Å²) in [6.45, 7) is 6.52. The van der Waals surface area contributed by atoms with E-state index in [1.807, 2.05) is 6.92 Å². The van der Waals surface area contributed by atoms with E-state index >= 15 is 0 Å². The topological polar surface area (TPSA) is 92.9 Å². The van der Waals surface area contributed by atoms with Gasteiger partial charge in [0, 0.05) is 13.1 Å². The molecule has 18 heavy (non-hydrogen) atoms. The number of nitrogens with two attached hydrogens (primary N) is 1. The van der Waals surface area contributed by atoms with Crippen LogP contribution in [0.15, 0.2) is 6.20 Å². The molecule has 100 valence electrons. The van der Waals surface area contributed by atoms with Gasteiger partial charge in [-0.2, -0.15) is 4.98 Å². The Labute approximate surface area is 111 Å². The SMILES string of the molecule is CCNc1ncc(Cl)c(NCC(C)(C)C(N)=O)n1. The summed E-state index contributed by atoms with van der Waals surface area (Å²) in [5.74, 6) is 0.588. The second-order valence-corrected chi connectivity index (χ2v) is 4.93. The van der Waals surface area contributed by atoms with E-state index in [0.29, 0.717) is 29.9 Å². The molecule has 1 rings (SSSR count). The van der Waals surface area contributed by atoms with Crippen molar-refractivity contribution >= 4 is 29.3 Å². The number of nitrogens with zero attached hydrogens (tertiary/aromatic N) is 2. The van der Waals surface area contributed by atoms with Crippen LogP contribution >= 0.6 is 11.6 Å². The second-order valence-electron chi connectivity index (χ2n) is 4.52. The number of carbonyl (C=O) groups is 1. The molecule has 0 aliphatic rings. The zero-order valence-corrected chi connectivity index (χ0v) is 11.5. The number of halogens is 1. The van der Waals surface area contributed by atoms with E-state index in [1.54, 1.807) is 13.8 Å². The van der Waals surface area contributed by atoms with Crippen LogP contribution < -0.4 is 16.4 Å². The first-order valence-corrected chi connectivity index (χ1v) is 6.05. The minimum absolute atomic E-state index is 0.352. The third-order valence-corrected chi connectivity index (χ3v) is 2.72. The van der Waals surface area contributed by atoms with Gasteiger partial charge in [-0.05, 0) is 20.8 Å². The van der Waals surface area contributed by atoms with Crippen molar-refractivity contribution in [2.75, 3.05) is 23.7 Å². The summed E-state index contributed by atoms with van der Waals surface area (Å²) in [6, 6.07) is 0. The van der Waals surface area contributed by atoms with E-state index in [9.17, 15) is 4.79 Å². The number of anilines is 2. The fraction of sp³-hybridized carbons (Fsp3) is 0.545. The average molecular weight is 272 g/mol.